The number of methoxy groups -OCH3 is 1. The second-order valence-corrected chi connectivity index (χ2v) is 8.99. The smallest absolute Gasteiger partial charge is 0.320 e. The fourth-order valence-corrected chi connectivity index (χ4v) is 4.47. The largest absolute Gasteiger partial charge is 0.469 e. The summed E-state index contributed by atoms with van der Waals surface area (Å²) >= 11 is 5.19. The predicted molar refractivity (Wildman–Crippen MR) is 131 cm³/mol. The minimum atomic E-state index is -0.283. The van der Waals surface area contributed by atoms with E-state index >= 15 is 0 Å². The summed E-state index contributed by atoms with van der Waals surface area (Å²) in [6, 6.07) is 18.0. The van der Waals surface area contributed by atoms with Crippen molar-refractivity contribution in [1.29, 1.82) is 0 Å². The number of nitrogens with zero attached hydrogens (tertiary/aromatic N) is 4. The summed E-state index contributed by atoms with van der Waals surface area (Å²) in [7, 11) is 1.38. The average molecular weight is 528 g/mol. The lowest BCUT2D eigenvalue weighted by atomic mass is 10.1. The summed E-state index contributed by atoms with van der Waals surface area (Å²) in [5.41, 5.74) is 9.06. The van der Waals surface area contributed by atoms with Crippen molar-refractivity contribution in [3.63, 3.8) is 0 Å². The molecule has 0 bridgehead atoms. The van der Waals surface area contributed by atoms with Crippen molar-refractivity contribution in [1.82, 2.24) is 19.5 Å². The molecule has 2 aromatic carbocycles. The molecule has 0 aliphatic heterocycles. The Morgan fingerprint density at radius 1 is 1.09 bits per heavy atom. The zero-order chi connectivity index (χ0) is 23.2. The fraction of sp³-hybridized carbons (Fsp3) is 0.217. The molecule has 0 aliphatic carbocycles. The van der Waals surface area contributed by atoms with Gasteiger partial charge in [0, 0.05) is 10.6 Å². The molecule has 0 atom stereocenters. The van der Waals surface area contributed by atoms with Crippen LogP contribution >= 0.6 is 27.7 Å². The molecule has 0 aliphatic rings. The number of nitrogen functional groups attached to an aromatic ring is 1. The molecular formula is C23H22BrN5O3S. The number of aromatic nitrogens is 4. The van der Waals surface area contributed by atoms with Gasteiger partial charge >= 0.3 is 12.0 Å². The van der Waals surface area contributed by atoms with E-state index in [0.29, 0.717) is 29.0 Å². The standard InChI is InChI=1S/C23H22BrN5O3S/c1-31-18(30)13-15-6-5-7-16(12-15)14-29-21-19(26-22(29)24)20(25)27-23(28-21)32-10-11-33-17-8-3-2-4-9-17/h2-9,12H,10-11,13-14H2,1H3,(H2,25,27,28). The summed E-state index contributed by atoms with van der Waals surface area (Å²) in [5, 5.41) is 0. The number of nitrogens with two attached hydrogens (primary N) is 1. The van der Waals surface area contributed by atoms with Gasteiger partial charge in [-0.1, -0.05) is 42.5 Å². The maximum absolute atomic E-state index is 11.6. The summed E-state index contributed by atoms with van der Waals surface area (Å²) in [6.45, 7) is 0.918. The number of thioether (sulfide) groups is 1. The number of halogens is 1. The highest BCUT2D eigenvalue weighted by Crippen LogP contribution is 2.26. The molecule has 2 N–H and O–H groups in total. The van der Waals surface area contributed by atoms with Gasteiger partial charge in [-0.05, 0) is 39.2 Å². The quantitative estimate of drug-likeness (QED) is 0.150. The number of rotatable bonds is 9. The average Bonchev–Trinajstić information content (AvgIpc) is 3.13. The zero-order valence-corrected chi connectivity index (χ0v) is 20.3. The Balaban J connectivity index is 1.50. The number of esters is 1. The van der Waals surface area contributed by atoms with Crippen LogP contribution in [-0.4, -0.2) is 45.0 Å². The predicted octanol–water partition coefficient (Wildman–Crippen LogP) is 4.11. The first kappa shape index (κ1) is 23.1. The van der Waals surface area contributed by atoms with E-state index in [1.54, 1.807) is 11.8 Å². The van der Waals surface area contributed by atoms with Crippen LogP contribution in [0.1, 0.15) is 11.1 Å². The van der Waals surface area contributed by atoms with Crippen LogP contribution in [0.15, 0.2) is 64.2 Å². The van der Waals surface area contributed by atoms with Crippen molar-refractivity contribution in [2.45, 2.75) is 17.9 Å². The molecule has 170 valence electrons. The first-order chi connectivity index (χ1) is 16.0. The highest BCUT2D eigenvalue weighted by molar-refractivity contribution is 9.10. The van der Waals surface area contributed by atoms with Gasteiger partial charge in [0.25, 0.3) is 0 Å². The van der Waals surface area contributed by atoms with Crippen molar-refractivity contribution >= 4 is 50.6 Å². The number of hydrogen-bond donors (Lipinski definition) is 1. The molecule has 0 unspecified atom stereocenters. The number of ether oxygens (including phenoxy) is 2. The highest BCUT2D eigenvalue weighted by Gasteiger charge is 2.17. The maximum atomic E-state index is 11.6. The van der Waals surface area contributed by atoms with Gasteiger partial charge in [0.15, 0.2) is 21.7 Å². The molecule has 0 amide bonds. The Labute approximate surface area is 203 Å². The molecule has 2 aromatic heterocycles. The molecule has 4 rings (SSSR count). The number of fused-ring (bicyclic) bond motifs is 1. The Morgan fingerprint density at radius 3 is 2.67 bits per heavy atom. The first-order valence-electron chi connectivity index (χ1n) is 10.2. The third-order valence-electron chi connectivity index (χ3n) is 4.79. The summed E-state index contributed by atoms with van der Waals surface area (Å²) < 4.78 is 13.0. The third-order valence-corrected chi connectivity index (χ3v) is 6.37. The fourth-order valence-electron chi connectivity index (χ4n) is 3.25. The number of hydrogen-bond acceptors (Lipinski definition) is 8. The van der Waals surface area contributed by atoms with Crippen LogP contribution < -0.4 is 10.5 Å². The van der Waals surface area contributed by atoms with Crippen molar-refractivity contribution in [3.05, 3.63) is 70.5 Å². The monoisotopic (exact) mass is 527 g/mol. The van der Waals surface area contributed by atoms with Gasteiger partial charge in [-0.15, -0.1) is 11.8 Å². The summed E-state index contributed by atoms with van der Waals surface area (Å²) in [6.07, 6.45) is 0.213. The number of anilines is 1. The van der Waals surface area contributed by atoms with Crippen LogP contribution in [0.4, 0.5) is 5.82 Å². The molecule has 33 heavy (non-hydrogen) atoms. The molecule has 0 spiro atoms. The molecule has 0 radical (unpaired) electrons. The number of imidazole rings is 1. The summed E-state index contributed by atoms with van der Waals surface area (Å²) in [5.74, 6) is 0.722. The Hall–Kier alpha value is -3.11. The van der Waals surface area contributed by atoms with Crippen LogP contribution in [0.5, 0.6) is 6.01 Å². The van der Waals surface area contributed by atoms with E-state index in [0.717, 1.165) is 16.9 Å². The van der Waals surface area contributed by atoms with Gasteiger partial charge in [-0.3, -0.25) is 9.36 Å². The Kier molecular flexibility index (Phi) is 7.46. The second kappa shape index (κ2) is 10.7. The molecule has 2 heterocycles. The Morgan fingerprint density at radius 2 is 1.88 bits per heavy atom. The van der Waals surface area contributed by atoms with Crippen molar-refractivity contribution in [2.24, 2.45) is 0 Å². The topological polar surface area (TPSA) is 105 Å². The van der Waals surface area contributed by atoms with Crippen LogP contribution in [0, 0.1) is 0 Å². The molecule has 0 fully saturated rings. The lowest BCUT2D eigenvalue weighted by molar-refractivity contribution is -0.139. The molecule has 8 nitrogen and oxygen atoms in total. The van der Waals surface area contributed by atoms with Crippen LogP contribution in [0.2, 0.25) is 0 Å². The van der Waals surface area contributed by atoms with Gasteiger partial charge in [0.1, 0.15) is 6.61 Å². The lowest BCUT2D eigenvalue weighted by Gasteiger charge is -2.09. The number of carbonyl (C=O) groups excluding carboxylic acids is 1. The SMILES string of the molecule is COC(=O)Cc1cccc(Cn2c(Br)nc3c(N)nc(OCCSc4ccccc4)nc32)c1. The van der Waals surface area contributed by atoms with Gasteiger partial charge < -0.3 is 15.2 Å². The van der Waals surface area contributed by atoms with Gasteiger partial charge in [0.05, 0.1) is 20.1 Å². The zero-order valence-electron chi connectivity index (χ0n) is 17.9. The van der Waals surface area contributed by atoms with Gasteiger partial charge in [-0.25, -0.2) is 4.98 Å². The van der Waals surface area contributed by atoms with Crippen molar-refractivity contribution in [3.8, 4) is 6.01 Å². The minimum Gasteiger partial charge on any atom is -0.469 e. The van der Waals surface area contributed by atoms with E-state index < -0.39 is 0 Å². The van der Waals surface area contributed by atoms with E-state index in [1.165, 1.54) is 12.0 Å². The summed E-state index contributed by atoms with van der Waals surface area (Å²) in [4.78, 5) is 26.1. The molecule has 0 saturated carbocycles. The van der Waals surface area contributed by atoms with Gasteiger partial charge in [-0.2, -0.15) is 9.97 Å². The molecule has 4 aromatic rings. The van der Waals surface area contributed by atoms with Crippen LogP contribution in [0.3, 0.4) is 0 Å². The second-order valence-electron chi connectivity index (χ2n) is 7.11. The van der Waals surface area contributed by atoms with E-state index in [1.807, 2.05) is 47.0 Å². The van der Waals surface area contributed by atoms with E-state index in [2.05, 4.69) is 43.0 Å². The van der Waals surface area contributed by atoms with E-state index in [-0.39, 0.29) is 24.2 Å². The lowest BCUT2D eigenvalue weighted by Crippen LogP contribution is -2.08. The van der Waals surface area contributed by atoms with Gasteiger partial charge in [0.2, 0.25) is 0 Å². The molecule has 0 saturated heterocycles. The normalized spacial score (nSPS) is 11.0. The molecule has 10 heteroatoms. The molecular weight excluding hydrogens is 506 g/mol. The first-order valence-corrected chi connectivity index (χ1v) is 12.0. The maximum Gasteiger partial charge on any atom is 0.320 e. The number of carbonyl (C=O) groups is 1. The van der Waals surface area contributed by atoms with Crippen LogP contribution in [0.25, 0.3) is 11.2 Å². The van der Waals surface area contributed by atoms with E-state index in [4.69, 9.17) is 15.2 Å². The van der Waals surface area contributed by atoms with Crippen molar-refractivity contribution in [2.75, 3.05) is 25.2 Å². The Bertz CT molecular complexity index is 1270. The van der Waals surface area contributed by atoms with E-state index in [9.17, 15) is 4.79 Å². The third kappa shape index (κ3) is 5.82. The number of benzene rings is 2. The minimum absolute atomic E-state index is 0.210. The van der Waals surface area contributed by atoms with Crippen LogP contribution in [-0.2, 0) is 22.5 Å². The highest BCUT2D eigenvalue weighted by atomic mass is 79.9. The van der Waals surface area contributed by atoms with Crippen molar-refractivity contribution < 1.29 is 14.3 Å².